The molecule has 2 aromatic rings. The van der Waals surface area contributed by atoms with E-state index in [1.54, 1.807) is 6.07 Å². The zero-order valence-electron chi connectivity index (χ0n) is 24.6. The van der Waals surface area contributed by atoms with Crippen molar-refractivity contribution in [3.8, 4) is 0 Å². The number of anilines is 2. The van der Waals surface area contributed by atoms with Gasteiger partial charge in [0.25, 0.3) is 0 Å². The van der Waals surface area contributed by atoms with Crippen molar-refractivity contribution in [2.45, 2.75) is 66.5 Å². The van der Waals surface area contributed by atoms with Gasteiger partial charge in [-0.3, -0.25) is 4.90 Å². The summed E-state index contributed by atoms with van der Waals surface area (Å²) in [6.07, 6.45) is 3.66. The van der Waals surface area contributed by atoms with Gasteiger partial charge < -0.3 is 19.9 Å². The van der Waals surface area contributed by atoms with E-state index in [0.29, 0.717) is 18.8 Å². The van der Waals surface area contributed by atoms with E-state index in [-0.39, 0.29) is 11.6 Å². The van der Waals surface area contributed by atoms with E-state index in [2.05, 4.69) is 20.0 Å². The van der Waals surface area contributed by atoms with Crippen LogP contribution in [-0.2, 0) is 10.9 Å². The van der Waals surface area contributed by atoms with Gasteiger partial charge in [-0.2, -0.15) is 13.2 Å². The smallest absolute Gasteiger partial charge is 0.416 e. The van der Waals surface area contributed by atoms with Crippen LogP contribution in [0.1, 0.15) is 50.5 Å². The van der Waals surface area contributed by atoms with Crippen LogP contribution in [0.3, 0.4) is 0 Å². The fraction of sp³-hybridized carbons (Fsp3) is 0.606. The SMILES string of the molecule is O=C(NC12CC3CC(CC(C3)C1)C2)OCCN1CCN(CCCN2c3ccccc3Sc3ccc(C(F)(F)F)cc32)CC1. The molecule has 0 aromatic heterocycles. The number of fused-ring (bicyclic) bond motifs is 2. The number of para-hydroxylation sites is 1. The van der Waals surface area contributed by atoms with Gasteiger partial charge in [0.15, 0.2) is 0 Å². The largest absolute Gasteiger partial charge is 0.448 e. The Morgan fingerprint density at radius 1 is 0.860 bits per heavy atom. The van der Waals surface area contributed by atoms with Crippen molar-refractivity contribution in [2.24, 2.45) is 17.8 Å². The number of alkyl halides is 3. The molecule has 2 heterocycles. The molecule has 6 aliphatic rings. The molecule has 6 nitrogen and oxygen atoms in total. The average molecular weight is 615 g/mol. The molecule has 0 radical (unpaired) electrons. The first-order valence-corrected chi connectivity index (χ1v) is 16.7. The predicted octanol–water partition coefficient (Wildman–Crippen LogP) is 7.01. The summed E-state index contributed by atoms with van der Waals surface area (Å²) in [5.41, 5.74) is 0.975. The maximum absolute atomic E-state index is 13.5. The van der Waals surface area contributed by atoms with Crippen molar-refractivity contribution in [2.75, 3.05) is 57.3 Å². The Labute approximate surface area is 256 Å². The molecular weight excluding hydrogens is 573 g/mol. The Morgan fingerprint density at radius 2 is 1.49 bits per heavy atom. The van der Waals surface area contributed by atoms with E-state index >= 15 is 0 Å². The summed E-state index contributed by atoms with van der Waals surface area (Å²) in [6, 6.07) is 12.0. The second kappa shape index (κ2) is 11.8. The van der Waals surface area contributed by atoms with Crippen molar-refractivity contribution in [3.63, 3.8) is 0 Å². The number of nitrogens with zero attached hydrogens (tertiary/aromatic N) is 3. The van der Waals surface area contributed by atoms with E-state index in [0.717, 1.165) is 98.2 Å². The second-order valence-electron chi connectivity index (χ2n) is 13.4. The van der Waals surface area contributed by atoms with Gasteiger partial charge in [-0.05, 0) is 99.6 Å². The topological polar surface area (TPSA) is 48.1 Å². The predicted molar refractivity (Wildman–Crippen MR) is 162 cm³/mol. The van der Waals surface area contributed by atoms with Crippen molar-refractivity contribution < 1.29 is 22.7 Å². The Morgan fingerprint density at radius 3 is 2.16 bits per heavy atom. The highest BCUT2D eigenvalue weighted by Crippen LogP contribution is 2.55. The van der Waals surface area contributed by atoms with Crippen LogP contribution in [-0.4, -0.2) is 73.9 Å². The standard InChI is InChI=1S/C33H41F3N4O2S/c34-33(35,36)26-6-7-30-28(19-26)40(27-4-1-2-5-29(27)43-30)9-3-8-38-10-12-39(13-11-38)14-15-42-31(41)37-32-20-23-16-24(21-32)18-25(17-23)22-32/h1-2,4-7,19,23-25H,3,8-18,20-22H2,(H,37,41). The molecule has 232 valence electrons. The second-order valence-corrected chi connectivity index (χ2v) is 14.5. The molecule has 4 saturated carbocycles. The Hall–Kier alpha value is -2.43. The van der Waals surface area contributed by atoms with Crippen LogP contribution in [0.15, 0.2) is 52.3 Å². The number of rotatable bonds is 8. The number of amides is 1. The fourth-order valence-corrected chi connectivity index (χ4v) is 9.80. The molecule has 0 spiro atoms. The van der Waals surface area contributed by atoms with E-state index in [9.17, 15) is 18.0 Å². The first-order chi connectivity index (χ1) is 20.7. The number of halogens is 3. The minimum Gasteiger partial charge on any atom is -0.448 e. The Balaban J connectivity index is 0.859. The quantitative estimate of drug-likeness (QED) is 0.345. The summed E-state index contributed by atoms with van der Waals surface area (Å²) in [6.45, 7) is 6.38. The summed E-state index contributed by atoms with van der Waals surface area (Å²) in [7, 11) is 0. The lowest BCUT2D eigenvalue weighted by Gasteiger charge is -2.56. The normalized spacial score (nSPS) is 28.4. The highest BCUT2D eigenvalue weighted by Gasteiger charge is 2.51. The summed E-state index contributed by atoms with van der Waals surface area (Å²) >= 11 is 1.53. The third-order valence-corrected chi connectivity index (χ3v) is 11.5. The maximum Gasteiger partial charge on any atom is 0.416 e. The van der Waals surface area contributed by atoms with Crippen LogP contribution < -0.4 is 10.2 Å². The van der Waals surface area contributed by atoms with Gasteiger partial charge in [0.1, 0.15) is 6.61 Å². The zero-order valence-corrected chi connectivity index (χ0v) is 25.4. The number of hydrogen-bond acceptors (Lipinski definition) is 6. The molecule has 2 aliphatic heterocycles. The van der Waals surface area contributed by atoms with E-state index in [4.69, 9.17) is 4.74 Å². The molecule has 0 atom stereocenters. The van der Waals surface area contributed by atoms with Crippen molar-refractivity contribution in [3.05, 3.63) is 48.0 Å². The van der Waals surface area contributed by atoms with Gasteiger partial charge in [-0.25, -0.2) is 4.79 Å². The number of nitrogens with one attached hydrogen (secondary N) is 1. The lowest BCUT2D eigenvalue weighted by Crippen LogP contribution is -2.60. The molecule has 43 heavy (non-hydrogen) atoms. The molecule has 1 saturated heterocycles. The van der Waals surface area contributed by atoms with Gasteiger partial charge in [-0.15, -0.1) is 0 Å². The molecule has 0 unspecified atom stereocenters. The van der Waals surface area contributed by atoms with Crippen LogP contribution in [0.25, 0.3) is 0 Å². The molecule has 1 N–H and O–H groups in total. The lowest BCUT2D eigenvalue weighted by atomic mass is 9.53. The van der Waals surface area contributed by atoms with Crippen LogP contribution in [0.2, 0.25) is 0 Å². The van der Waals surface area contributed by atoms with Gasteiger partial charge >= 0.3 is 12.3 Å². The molecule has 8 rings (SSSR count). The number of carbonyl (C=O) groups is 1. The van der Waals surface area contributed by atoms with Crippen molar-refractivity contribution in [1.82, 2.24) is 15.1 Å². The van der Waals surface area contributed by atoms with Crippen LogP contribution in [0.5, 0.6) is 0 Å². The first kappa shape index (κ1) is 29.3. The van der Waals surface area contributed by atoms with Crippen LogP contribution >= 0.6 is 11.8 Å². The molecule has 1 amide bonds. The number of benzene rings is 2. The maximum atomic E-state index is 13.5. The monoisotopic (exact) mass is 614 g/mol. The number of piperazine rings is 1. The Bertz CT molecular complexity index is 1290. The van der Waals surface area contributed by atoms with Gasteiger partial charge in [-0.1, -0.05) is 23.9 Å². The number of hydrogen-bond donors (Lipinski definition) is 1. The first-order valence-electron chi connectivity index (χ1n) is 15.9. The van der Waals surface area contributed by atoms with Crippen molar-refractivity contribution in [1.29, 1.82) is 0 Å². The van der Waals surface area contributed by atoms with Gasteiger partial charge in [0, 0.05) is 54.6 Å². The van der Waals surface area contributed by atoms with Crippen LogP contribution in [0.4, 0.5) is 29.3 Å². The Kier molecular flexibility index (Phi) is 8.05. The van der Waals surface area contributed by atoms with Gasteiger partial charge in [0.05, 0.1) is 16.9 Å². The summed E-state index contributed by atoms with van der Waals surface area (Å²) < 4.78 is 46.2. The molecular formula is C33H41F3N4O2S. The third-order valence-electron chi connectivity index (χ3n) is 10.3. The molecule has 4 bridgehead atoms. The summed E-state index contributed by atoms with van der Waals surface area (Å²) in [5, 5.41) is 3.29. The average Bonchev–Trinajstić information content (AvgIpc) is 2.96. The van der Waals surface area contributed by atoms with E-state index in [1.807, 2.05) is 24.3 Å². The fourth-order valence-electron chi connectivity index (χ4n) is 8.72. The highest BCUT2D eigenvalue weighted by atomic mass is 32.2. The number of alkyl carbamates (subject to hydrolysis) is 1. The zero-order chi connectivity index (χ0) is 29.6. The van der Waals surface area contributed by atoms with Gasteiger partial charge in [0.2, 0.25) is 0 Å². The molecule has 4 aliphatic carbocycles. The minimum absolute atomic E-state index is 0.0186. The van der Waals surface area contributed by atoms with E-state index < -0.39 is 11.7 Å². The third kappa shape index (κ3) is 6.38. The van der Waals surface area contributed by atoms with Crippen LogP contribution in [0, 0.1) is 17.8 Å². The van der Waals surface area contributed by atoms with Crippen molar-refractivity contribution >= 4 is 29.2 Å². The molecule has 5 fully saturated rings. The summed E-state index contributed by atoms with van der Waals surface area (Å²) in [5.74, 6) is 2.36. The molecule has 10 heteroatoms. The number of carbonyl (C=O) groups excluding carboxylic acids is 1. The van der Waals surface area contributed by atoms with E-state index in [1.165, 1.54) is 43.2 Å². The lowest BCUT2D eigenvalue weighted by molar-refractivity contribution is -0.137. The minimum atomic E-state index is -4.37. The highest BCUT2D eigenvalue weighted by molar-refractivity contribution is 7.99. The molecule has 2 aromatic carbocycles. The summed E-state index contributed by atoms with van der Waals surface area (Å²) in [4.78, 5) is 21.4. The number of ether oxygens (including phenoxy) is 1.